The third-order valence-corrected chi connectivity index (χ3v) is 6.43. The third-order valence-electron chi connectivity index (χ3n) is 3.66. The summed E-state index contributed by atoms with van der Waals surface area (Å²) in [5.41, 5.74) is -1.27. The summed E-state index contributed by atoms with van der Waals surface area (Å²) in [6.07, 6.45) is 0. The van der Waals surface area contributed by atoms with E-state index in [0.29, 0.717) is 0 Å². The first-order valence-corrected chi connectivity index (χ1v) is 10.8. The first-order valence-electron chi connectivity index (χ1n) is 7.76. The number of hydrogen-bond donors (Lipinski definition) is 0. The first kappa shape index (κ1) is 21.0. The van der Waals surface area contributed by atoms with Gasteiger partial charge >= 0.3 is 15.4 Å². The Morgan fingerprint density at radius 2 is 1.56 bits per heavy atom. The summed E-state index contributed by atoms with van der Waals surface area (Å²) < 4.78 is 82.7. The molecule has 0 N–H and O–H groups in total. The van der Waals surface area contributed by atoms with Gasteiger partial charge in [0.1, 0.15) is 0 Å². The fourth-order valence-electron chi connectivity index (χ4n) is 2.12. The molecule has 6 nitrogen and oxygen atoms in total. The Hall–Kier alpha value is -2.33. The number of rotatable bonds is 7. The van der Waals surface area contributed by atoms with Crippen LogP contribution in [0.4, 0.5) is 8.78 Å². The number of alkyl halides is 2. The highest BCUT2D eigenvalue weighted by Crippen LogP contribution is 2.34. The van der Waals surface area contributed by atoms with E-state index in [0.717, 1.165) is 12.1 Å². The Bertz CT molecular complexity index is 1050. The van der Waals surface area contributed by atoms with Crippen molar-refractivity contribution in [3.05, 3.63) is 65.7 Å². The van der Waals surface area contributed by atoms with Gasteiger partial charge in [0.2, 0.25) is 9.84 Å². The second-order valence-electron chi connectivity index (χ2n) is 5.51. The van der Waals surface area contributed by atoms with Crippen LogP contribution in [-0.2, 0) is 24.2 Å². The second-order valence-corrected chi connectivity index (χ2v) is 9.34. The van der Waals surface area contributed by atoms with Gasteiger partial charge < -0.3 is 0 Å². The van der Waals surface area contributed by atoms with Crippen LogP contribution < -0.4 is 0 Å². The Balaban J connectivity index is 2.69. The predicted octanol–water partition coefficient (Wildman–Crippen LogP) is 3.13. The van der Waals surface area contributed by atoms with Gasteiger partial charge in [-0.3, -0.25) is 4.28 Å². The van der Waals surface area contributed by atoms with Crippen molar-refractivity contribution in [2.45, 2.75) is 24.0 Å². The lowest BCUT2D eigenvalue weighted by Gasteiger charge is -2.20. The van der Waals surface area contributed by atoms with E-state index in [4.69, 9.17) is 0 Å². The summed E-state index contributed by atoms with van der Waals surface area (Å²) in [7, 11) is -9.44. The maximum atomic E-state index is 15.1. The summed E-state index contributed by atoms with van der Waals surface area (Å²) >= 11 is 0. The van der Waals surface area contributed by atoms with Crippen LogP contribution in [0.15, 0.2) is 64.6 Å². The fraction of sp³-hybridized carbons (Fsp3) is 0.235. The number of nitrogens with zero attached hydrogens (tertiary/aromatic N) is 1. The van der Waals surface area contributed by atoms with Crippen molar-refractivity contribution in [2.24, 2.45) is 5.16 Å². The molecule has 0 unspecified atom stereocenters. The van der Waals surface area contributed by atoms with Crippen molar-refractivity contribution in [1.82, 2.24) is 0 Å². The van der Waals surface area contributed by atoms with Gasteiger partial charge in [-0.15, -0.1) is 0 Å². The minimum absolute atomic E-state index is 0.242. The SMILES string of the molecule is CCS(=O)(=O)ON=C(c1ccccc1C)C(F)(F)S(=O)(=O)c1ccccc1. The van der Waals surface area contributed by atoms with E-state index in [1.807, 2.05) is 0 Å². The zero-order valence-corrected chi connectivity index (χ0v) is 16.1. The van der Waals surface area contributed by atoms with Crippen molar-refractivity contribution in [2.75, 3.05) is 5.75 Å². The van der Waals surface area contributed by atoms with E-state index < -0.39 is 41.6 Å². The van der Waals surface area contributed by atoms with Crippen LogP contribution in [0.5, 0.6) is 0 Å². The van der Waals surface area contributed by atoms with E-state index in [-0.39, 0.29) is 11.1 Å². The zero-order valence-electron chi connectivity index (χ0n) is 14.5. The normalized spacial score (nSPS) is 13.4. The molecule has 0 aliphatic rings. The van der Waals surface area contributed by atoms with Crippen molar-refractivity contribution < 1.29 is 29.9 Å². The van der Waals surface area contributed by atoms with Gasteiger partial charge in [0, 0.05) is 5.56 Å². The first-order chi connectivity index (χ1) is 12.5. The highest BCUT2D eigenvalue weighted by atomic mass is 32.2. The summed E-state index contributed by atoms with van der Waals surface area (Å²) in [5.74, 6) is -0.519. The Morgan fingerprint density at radius 3 is 2.11 bits per heavy atom. The summed E-state index contributed by atoms with van der Waals surface area (Å²) in [4.78, 5) is -0.630. The molecular formula is C17H17F2NO5S2. The van der Waals surface area contributed by atoms with Crippen LogP contribution in [-0.4, -0.2) is 33.6 Å². The van der Waals surface area contributed by atoms with E-state index >= 15 is 8.78 Å². The minimum Gasteiger partial charge on any atom is -0.268 e. The molecule has 0 bridgehead atoms. The van der Waals surface area contributed by atoms with Gasteiger partial charge in [0.25, 0.3) is 0 Å². The molecule has 0 saturated heterocycles. The van der Waals surface area contributed by atoms with Gasteiger partial charge in [-0.2, -0.15) is 17.2 Å². The molecule has 146 valence electrons. The molecule has 10 heteroatoms. The molecule has 27 heavy (non-hydrogen) atoms. The van der Waals surface area contributed by atoms with Gasteiger partial charge in [-0.05, 0) is 31.5 Å². The highest BCUT2D eigenvalue weighted by Gasteiger charge is 2.52. The monoisotopic (exact) mass is 417 g/mol. The van der Waals surface area contributed by atoms with Crippen molar-refractivity contribution in [3.8, 4) is 0 Å². The molecule has 2 rings (SSSR count). The molecule has 0 saturated carbocycles. The van der Waals surface area contributed by atoms with E-state index in [9.17, 15) is 16.8 Å². The number of hydrogen-bond acceptors (Lipinski definition) is 6. The summed E-state index contributed by atoms with van der Waals surface area (Å²) in [5, 5.41) is -1.48. The molecule has 0 heterocycles. The van der Waals surface area contributed by atoms with Crippen LogP contribution in [0, 0.1) is 6.92 Å². The van der Waals surface area contributed by atoms with Crippen molar-refractivity contribution in [1.29, 1.82) is 0 Å². The van der Waals surface area contributed by atoms with Crippen molar-refractivity contribution in [3.63, 3.8) is 0 Å². The second kappa shape index (κ2) is 7.73. The Kier molecular flexibility index (Phi) is 6.01. The molecule has 0 amide bonds. The Morgan fingerprint density at radius 1 is 1.00 bits per heavy atom. The average molecular weight is 417 g/mol. The molecule has 0 atom stereocenters. The quantitative estimate of drug-likeness (QED) is 0.510. The molecule has 0 spiro atoms. The summed E-state index contributed by atoms with van der Waals surface area (Å²) in [6, 6.07) is 11.7. The average Bonchev–Trinajstić information content (AvgIpc) is 2.63. The van der Waals surface area contributed by atoms with E-state index in [1.54, 1.807) is 6.07 Å². The number of oxime groups is 1. The van der Waals surface area contributed by atoms with Crippen LogP contribution in [0.1, 0.15) is 18.1 Å². The number of sulfone groups is 1. The molecule has 2 aromatic carbocycles. The molecular weight excluding hydrogens is 400 g/mol. The van der Waals surface area contributed by atoms with Crippen LogP contribution >= 0.6 is 0 Å². The van der Waals surface area contributed by atoms with Gasteiger partial charge in [-0.25, -0.2) is 8.42 Å². The standard InChI is InChI=1S/C17H17F2NO5S2/c1-3-26(21,22)25-20-16(15-12-8-7-9-13(15)2)17(18,19)27(23,24)14-10-5-4-6-11-14/h4-12H,3H2,1-2H3. The molecule has 0 aromatic heterocycles. The third kappa shape index (κ3) is 4.33. The molecule has 0 fully saturated rings. The minimum atomic E-state index is -5.22. The summed E-state index contributed by atoms with van der Waals surface area (Å²) in [6.45, 7) is 2.70. The largest absolute Gasteiger partial charge is 0.395 e. The van der Waals surface area contributed by atoms with Gasteiger partial charge in [-0.1, -0.05) is 47.6 Å². The maximum absolute atomic E-state index is 15.1. The Labute approximate surface area is 156 Å². The molecule has 0 aliphatic carbocycles. The van der Waals surface area contributed by atoms with Crippen LogP contribution in [0.3, 0.4) is 0 Å². The van der Waals surface area contributed by atoms with E-state index in [2.05, 4.69) is 9.44 Å². The number of aryl methyl sites for hydroxylation is 1. The zero-order chi connectivity index (χ0) is 20.3. The van der Waals surface area contributed by atoms with Crippen molar-refractivity contribution >= 4 is 25.7 Å². The number of halogens is 2. The maximum Gasteiger partial charge on any atom is 0.395 e. The molecule has 0 aliphatic heterocycles. The van der Waals surface area contributed by atoms with E-state index in [1.165, 1.54) is 50.2 Å². The number of benzene rings is 2. The fourth-order valence-corrected chi connectivity index (χ4v) is 3.63. The van der Waals surface area contributed by atoms with Gasteiger partial charge in [0.05, 0.1) is 10.6 Å². The van der Waals surface area contributed by atoms with Crippen LogP contribution in [0.2, 0.25) is 0 Å². The van der Waals surface area contributed by atoms with Gasteiger partial charge in [0.15, 0.2) is 5.71 Å². The lowest BCUT2D eigenvalue weighted by atomic mass is 10.0. The lowest BCUT2D eigenvalue weighted by Crippen LogP contribution is -2.39. The smallest absolute Gasteiger partial charge is 0.268 e. The molecule has 0 radical (unpaired) electrons. The topological polar surface area (TPSA) is 89.9 Å². The predicted molar refractivity (Wildman–Crippen MR) is 96.8 cm³/mol. The van der Waals surface area contributed by atoms with Crippen LogP contribution in [0.25, 0.3) is 0 Å². The highest BCUT2D eigenvalue weighted by molar-refractivity contribution is 7.93. The molecule has 2 aromatic rings. The lowest BCUT2D eigenvalue weighted by molar-refractivity contribution is 0.164.